The van der Waals surface area contributed by atoms with Crippen molar-refractivity contribution in [3.05, 3.63) is 35.5 Å². The molecule has 1 aromatic heterocycles. The maximum atomic E-state index is 10.4. The van der Waals surface area contributed by atoms with Crippen molar-refractivity contribution in [3.8, 4) is 17.0 Å². The Labute approximate surface area is 114 Å². The first-order chi connectivity index (χ1) is 9.17. The average molecular weight is 258 g/mol. The van der Waals surface area contributed by atoms with E-state index in [1.807, 2.05) is 28.9 Å². The van der Waals surface area contributed by atoms with Gasteiger partial charge in [0.2, 0.25) is 0 Å². The van der Waals surface area contributed by atoms with Crippen molar-refractivity contribution in [1.29, 1.82) is 0 Å². The van der Waals surface area contributed by atoms with Crippen molar-refractivity contribution >= 4 is 0 Å². The third kappa shape index (κ3) is 2.80. The van der Waals surface area contributed by atoms with E-state index in [2.05, 4.69) is 25.9 Å². The molecule has 0 aliphatic heterocycles. The Morgan fingerprint density at radius 3 is 2.37 bits per heavy atom. The standard InChI is InChI=1S/C16H22N2O/c1-4-6-14-16(19)15(17-18(14)11-5-2)13-9-7-12(3)8-10-13/h7-10,19H,4-6,11H2,1-3H3. The van der Waals surface area contributed by atoms with Crippen molar-refractivity contribution in [2.24, 2.45) is 0 Å². The summed E-state index contributed by atoms with van der Waals surface area (Å²) in [5.41, 5.74) is 3.86. The van der Waals surface area contributed by atoms with Gasteiger partial charge in [0.1, 0.15) is 5.69 Å². The summed E-state index contributed by atoms with van der Waals surface area (Å²) >= 11 is 0. The topological polar surface area (TPSA) is 38.1 Å². The van der Waals surface area contributed by atoms with Crippen molar-refractivity contribution in [1.82, 2.24) is 9.78 Å². The summed E-state index contributed by atoms with van der Waals surface area (Å²) in [5.74, 6) is 0.346. The van der Waals surface area contributed by atoms with Gasteiger partial charge in [-0.25, -0.2) is 0 Å². The lowest BCUT2D eigenvalue weighted by atomic mass is 10.1. The smallest absolute Gasteiger partial charge is 0.164 e. The molecule has 0 aliphatic carbocycles. The Balaban J connectivity index is 2.45. The molecule has 102 valence electrons. The summed E-state index contributed by atoms with van der Waals surface area (Å²) in [6, 6.07) is 8.13. The molecule has 1 N–H and O–H groups in total. The van der Waals surface area contributed by atoms with Gasteiger partial charge in [-0.2, -0.15) is 5.10 Å². The van der Waals surface area contributed by atoms with Crippen molar-refractivity contribution in [3.63, 3.8) is 0 Å². The molecule has 0 atom stereocenters. The van der Waals surface area contributed by atoms with Gasteiger partial charge in [0.15, 0.2) is 5.75 Å². The number of rotatable bonds is 5. The molecule has 0 saturated carbocycles. The molecule has 1 heterocycles. The van der Waals surface area contributed by atoms with Gasteiger partial charge in [0, 0.05) is 12.1 Å². The van der Waals surface area contributed by atoms with E-state index in [0.717, 1.165) is 37.1 Å². The molecule has 0 aliphatic rings. The van der Waals surface area contributed by atoms with Crippen LogP contribution in [0.3, 0.4) is 0 Å². The van der Waals surface area contributed by atoms with Crippen LogP contribution in [0.1, 0.15) is 37.9 Å². The van der Waals surface area contributed by atoms with Crippen LogP contribution >= 0.6 is 0 Å². The van der Waals surface area contributed by atoms with Gasteiger partial charge in [-0.05, 0) is 19.8 Å². The number of aromatic nitrogens is 2. The molecule has 2 rings (SSSR count). The Hall–Kier alpha value is -1.77. The fourth-order valence-electron chi connectivity index (χ4n) is 2.27. The Kier molecular flexibility index (Phi) is 4.25. The van der Waals surface area contributed by atoms with Crippen LogP contribution in [0.4, 0.5) is 0 Å². The predicted octanol–water partition coefficient (Wildman–Crippen LogP) is 3.93. The number of hydrogen-bond acceptors (Lipinski definition) is 2. The lowest BCUT2D eigenvalue weighted by Gasteiger charge is -2.04. The van der Waals surface area contributed by atoms with E-state index < -0.39 is 0 Å². The van der Waals surface area contributed by atoms with Crippen molar-refractivity contribution < 1.29 is 5.11 Å². The summed E-state index contributed by atoms with van der Waals surface area (Å²) in [7, 11) is 0. The van der Waals surface area contributed by atoms with E-state index in [1.165, 1.54) is 5.56 Å². The lowest BCUT2D eigenvalue weighted by Crippen LogP contribution is -2.04. The lowest BCUT2D eigenvalue weighted by molar-refractivity contribution is 0.462. The third-order valence-electron chi connectivity index (χ3n) is 3.28. The molecular weight excluding hydrogens is 236 g/mol. The summed E-state index contributed by atoms with van der Waals surface area (Å²) in [5, 5.41) is 15.0. The highest BCUT2D eigenvalue weighted by molar-refractivity contribution is 5.67. The van der Waals surface area contributed by atoms with Crippen LogP contribution in [0.15, 0.2) is 24.3 Å². The molecule has 0 fully saturated rings. The van der Waals surface area contributed by atoms with Gasteiger partial charge < -0.3 is 5.11 Å². The van der Waals surface area contributed by atoms with Crippen LogP contribution in [-0.4, -0.2) is 14.9 Å². The second-order valence-corrected chi connectivity index (χ2v) is 4.98. The fourth-order valence-corrected chi connectivity index (χ4v) is 2.27. The largest absolute Gasteiger partial charge is 0.504 e. The highest BCUT2D eigenvalue weighted by Gasteiger charge is 2.17. The quantitative estimate of drug-likeness (QED) is 0.882. The van der Waals surface area contributed by atoms with E-state index in [0.29, 0.717) is 11.4 Å². The van der Waals surface area contributed by atoms with Crippen LogP contribution < -0.4 is 0 Å². The molecule has 0 saturated heterocycles. The van der Waals surface area contributed by atoms with Crippen molar-refractivity contribution in [2.75, 3.05) is 0 Å². The van der Waals surface area contributed by atoms with E-state index in [-0.39, 0.29) is 0 Å². The number of hydrogen-bond donors (Lipinski definition) is 1. The first kappa shape index (κ1) is 13.7. The van der Waals surface area contributed by atoms with Crippen LogP contribution in [0, 0.1) is 6.92 Å². The molecule has 0 radical (unpaired) electrons. The zero-order chi connectivity index (χ0) is 13.8. The highest BCUT2D eigenvalue weighted by atomic mass is 16.3. The molecule has 0 amide bonds. The second-order valence-electron chi connectivity index (χ2n) is 4.98. The molecule has 3 heteroatoms. The summed E-state index contributed by atoms with van der Waals surface area (Å²) in [6.07, 6.45) is 2.90. The number of nitrogens with zero attached hydrogens (tertiary/aromatic N) is 2. The zero-order valence-electron chi connectivity index (χ0n) is 12.0. The molecule has 0 bridgehead atoms. The summed E-state index contributed by atoms with van der Waals surface area (Å²) in [4.78, 5) is 0. The normalized spacial score (nSPS) is 10.9. The summed E-state index contributed by atoms with van der Waals surface area (Å²) < 4.78 is 1.95. The third-order valence-corrected chi connectivity index (χ3v) is 3.28. The van der Waals surface area contributed by atoms with E-state index in [1.54, 1.807) is 0 Å². The fraction of sp³-hybridized carbons (Fsp3) is 0.438. The molecule has 1 aromatic carbocycles. The minimum atomic E-state index is 0.346. The van der Waals surface area contributed by atoms with Crippen LogP contribution in [0.25, 0.3) is 11.3 Å². The average Bonchev–Trinajstić information content (AvgIpc) is 2.70. The number of aromatic hydroxyl groups is 1. The second kappa shape index (κ2) is 5.91. The Morgan fingerprint density at radius 1 is 1.11 bits per heavy atom. The molecule has 0 spiro atoms. The zero-order valence-corrected chi connectivity index (χ0v) is 12.0. The SMILES string of the molecule is CCCc1c(O)c(-c2ccc(C)cc2)nn1CCC. The summed E-state index contributed by atoms with van der Waals surface area (Å²) in [6.45, 7) is 7.16. The molecule has 2 aromatic rings. The minimum Gasteiger partial charge on any atom is -0.504 e. The van der Waals surface area contributed by atoms with E-state index in [9.17, 15) is 5.11 Å². The van der Waals surface area contributed by atoms with Gasteiger partial charge >= 0.3 is 0 Å². The van der Waals surface area contributed by atoms with Gasteiger partial charge in [-0.3, -0.25) is 4.68 Å². The highest BCUT2D eigenvalue weighted by Crippen LogP contribution is 2.32. The first-order valence-electron chi connectivity index (χ1n) is 7.03. The maximum absolute atomic E-state index is 10.4. The van der Waals surface area contributed by atoms with Gasteiger partial charge in [0.05, 0.1) is 5.69 Å². The molecule has 19 heavy (non-hydrogen) atoms. The number of benzene rings is 1. The molecule has 0 unspecified atom stereocenters. The van der Waals surface area contributed by atoms with Gasteiger partial charge in [-0.15, -0.1) is 0 Å². The van der Waals surface area contributed by atoms with Gasteiger partial charge in [-0.1, -0.05) is 50.1 Å². The van der Waals surface area contributed by atoms with Crippen LogP contribution in [-0.2, 0) is 13.0 Å². The molecular formula is C16H22N2O. The van der Waals surface area contributed by atoms with Crippen LogP contribution in [0.5, 0.6) is 5.75 Å². The maximum Gasteiger partial charge on any atom is 0.164 e. The Morgan fingerprint density at radius 2 is 1.79 bits per heavy atom. The van der Waals surface area contributed by atoms with Crippen LogP contribution in [0.2, 0.25) is 0 Å². The van der Waals surface area contributed by atoms with Gasteiger partial charge in [0.25, 0.3) is 0 Å². The van der Waals surface area contributed by atoms with E-state index in [4.69, 9.17) is 0 Å². The van der Waals surface area contributed by atoms with Crippen molar-refractivity contribution in [2.45, 2.75) is 46.6 Å². The first-order valence-corrected chi connectivity index (χ1v) is 7.03. The minimum absolute atomic E-state index is 0.346. The predicted molar refractivity (Wildman–Crippen MR) is 78.4 cm³/mol. The number of aryl methyl sites for hydroxylation is 2. The molecule has 3 nitrogen and oxygen atoms in total. The Bertz CT molecular complexity index is 541. The van der Waals surface area contributed by atoms with E-state index >= 15 is 0 Å². The monoisotopic (exact) mass is 258 g/mol.